The Labute approximate surface area is 104 Å². The summed E-state index contributed by atoms with van der Waals surface area (Å²) in [5, 5.41) is 9.33. The summed E-state index contributed by atoms with van der Waals surface area (Å²) < 4.78 is 12.8. The predicted octanol–water partition coefficient (Wildman–Crippen LogP) is 2.81. The highest BCUT2D eigenvalue weighted by Crippen LogP contribution is 2.18. The first-order valence-electron chi connectivity index (χ1n) is 5.40. The highest BCUT2D eigenvalue weighted by atomic mass is 19.1. The Morgan fingerprint density at radius 2 is 1.83 bits per heavy atom. The molecule has 2 rings (SSSR count). The van der Waals surface area contributed by atoms with E-state index in [0.717, 1.165) is 0 Å². The number of rotatable bonds is 2. The van der Waals surface area contributed by atoms with Crippen LogP contribution in [0.25, 0.3) is 0 Å². The van der Waals surface area contributed by atoms with Crippen LogP contribution in [-0.2, 0) is 0 Å². The number of nitrogens with zero attached hydrogens (tertiary/aromatic N) is 1. The van der Waals surface area contributed by atoms with Crippen LogP contribution in [0.4, 0.5) is 10.1 Å². The van der Waals surface area contributed by atoms with Crippen molar-refractivity contribution in [3.8, 4) is 5.75 Å². The molecule has 0 aliphatic rings. The largest absolute Gasteiger partial charge is 0.508 e. The molecule has 0 aromatic heterocycles. The van der Waals surface area contributed by atoms with Gasteiger partial charge in [-0.2, -0.15) is 0 Å². The number of hydrogen-bond donors (Lipinski definition) is 1. The summed E-state index contributed by atoms with van der Waals surface area (Å²) in [5.41, 5.74) is 0.964. The molecule has 3 nitrogen and oxygen atoms in total. The van der Waals surface area contributed by atoms with Crippen LogP contribution in [0.15, 0.2) is 48.5 Å². The van der Waals surface area contributed by atoms with Gasteiger partial charge in [-0.1, -0.05) is 6.07 Å². The summed E-state index contributed by atoms with van der Waals surface area (Å²) in [7, 11) is 1.60. The predicted molar refractivity (Wildman–Crippen MR) is 67.2 cm³/mol. The zero-order valence-electron chi connectivity index (χ0n) is 9.80. The molecule has 0 aliphatic heterocycles. The normalized spacial score (nSPS) is 10.1. The second-order valence-electron chi connectivity index (χ2n) is 3.89. The quantitative estimate of drug-likeness (QED) is 0.883. The Morgan fingerprint density at radius 1 is 1.17 bits per heavy atom. The molecule has 0 saturated carbocycles. The monoisotopic (exact) mass is 245 g/mol. The van der Waals surface area contributed by atoms with Crippen LogP contribution >= 0.6 is 0 Å². The van der Waals surface area contributed by atoms with Gasteiger partial charge in [-0.15, -0.1) is 0 Å². The third-order valence-electron chi connectivity index (χ3n) is 2.61. The van der Waals surface area contributed by atoms with Crippen LogP contribution in [0.1, 0.15) is 10.4 Å². The summed E-state index contributed by atoms with van der Waals surface area (Å²) in [6.07, 6.45) is 0. The Balaban J connectivity index is 2.26. The number of carbonyl (C=O) groups excluding carboxylic acids is 1. The van der Waals surface area contributed by atoms with Gasteiger partial charge in [-0.25, -0.2) is 4.39 Å². The van der Waals surface area contributed by atoms with Gasteiger partial charge in [-0.05, 0) is 42.5 Å². The van der Waals surface area contributed by atoms with Crippen molar-refractivity contribution in [3.05, 3.63) is 59.9 Å². The lowest BCUT2D eigenvalue weighted by Gasteiger charge is -2.17. The molecule has 0 unspecified atom stereocenters. The molecular formula is C14H12FNO2. The molecule has 2 aromatic rings. The molecular weight excluding hydrogens is 233 g/mol. The van der Waals surface area contributed by atoms with E-state index >= 15 is 0 Å². The van der Waals surface area contributed by atoms with E-state index in [1.807, 2.05) is 0 Å². The standard InChI is InChI=1S/C14H12FNO2/c1-16(12-7-5-11(15)6-8-12)14(18)10-3-2-4-13(17)9-10/h2-9,17H,1H3. The van der Waals surface area contributed by atoms with Gasteiger partial charge in [0, 0.05) is 18.3 Å². The Bertz CT molecular complexity index is 566. The van der Waals surface area contributed by atoms with Crippen LogP contribution < -0.4 is 4.90 Å². The van der Waals surface area contributed by atoms with E-state index in [2.05, 4.69) is 0 Å². The van der Waals surface area contributed by atoms with Crippen molar-refractivity contribution in [3.63, 3.8) is 0 Å². The van der Waals surface area contributed by atoms with Gasteiger partial charge in [0.15, 0.2) is 0 Å². The molecule has 2 aromatic carbocycles. The molecule has 18 heavy (non-hydrogen) atoms. The molecule has 0 spiro atoms. The highest BCUT2D eigenvalue weighted by molar-refractivity contribution is 6.05. The van der Waals surface area contributed by atoms with Gasteiger partial charge < -0.3 is 10.0 Å². The number of anilines is 1. The zero-order chi connectivity index (χ0) is 13.1. The van der Waals surface area contributed by atoms with Crippen molar-refractivity contribution in [1.82, 2.24) is 0 Å². The van der Waals surface area contributed by atoms with Gasteiger partial charge in [0.1, 0.15) is 11.6 Å². The summed E-state index contributed by atoms with van der Waals surface area (Å²) in [6.45, 7) is 0. The van der Waals surface area contributed by atoms with Gasteiger partial charge in [0.05, 0.1) is 0 Å². The third kappa shape index (κ3) is 2.48. The van der Waals surface area contributed by atoms with Crippen molar-refractivity contribution in [1.29, 1.82) is 0 Å². The van der Waals surface area contributed by atoms with E-state index in [0.29, 0.717) is 11.3 Å². The Morgan fingerprint density at radius 3 is 2.44 bits per heavy atom. The third-order valence-corrected chi connectivity index (χ3v) is 2.61. The Kier molecular flexibility index (Phi) is 3.28. The number of phenolic OH excluding ortho intramolecular Hbond substituents is 1. The molecule has 0 fully saturated rings. The maximum Gasteiger partial charge on any atom is 0.258 e. The number of amides is 1. The fourth-order valence-corrected chi connectivity index (χ4v) is 1.61. The fourth-order valence-electron chi connectivity index (χ4n) is 1.61. The van der Waals surface area contributed by atoms with E-state index in [4.69, 9.17) is 0 Å². The van der Waals surface area contributed by atoms with E-state index in [1.165, 1.54) is 41.3 Å². The van der Waals surface area contributed by atoms with Crippen molar-refractivity contribution in [2.75, 3.05) is 11.9 Å². The number of phenols is 1. The summed E-state index contributed by atoms with van der Waals surface area (Å²) >= 11 is 0. The lowest BCUT2D eigenvalue weighted by molar-refractivity contribution is 0.0992. The maximum absolute atomic E-state index is 12.8. The van der Waals surface area contributed by atoms with E-state index in [9.17, 15) is 14.3 Å². The summed E-state index contributed by atoms with van der Waals surface area (Å²) in [5.74, 6) is -0.581. The minimum absolute atomic E-state index is 0.0355. The zero-order valence-corrected chi connectivity index (χ0v) is 9.80. The first kappa shape index (κ1) is 12.1. The highest BCUT2D eigenvalue weighted by Gasteiger charge is 2.13. The summed E-state index contributed by atoms with van der Waals surface area (Å²) in [4.78, 5) is 13.5. The lowest BCUT2D eigenvalue weighted by Crippen LogP contribution is -2.26. The van der Waals surface area contributed by atoms with Gasteiger partial charge in [0.25, 0.3) is 5.91 Å². The first-order chi connectivity index (χ1) is 8.58. The molecule has 1 amide bonds. The average molecular weight is 245 g/mol. The number of halogens is 1. The van der Waals surface area contributed by atoms with Gasteiger partial charge in [-0.3, -0.25) is 4.79 Å². The van der Waals surface area contributed by atoms with Gasteiger partial charge in [0.2, 0.25) is 0 Å². The van der Waals surface area contributed by atoms with Crippen molar-refractivity contribution in [2.45, 2.75) is 0 Å². The maximum atomic E-state index is 12.8. The van der Waals surface area contributed by atoms with E-state index in [1.54, 1.807) is 19.2 Å². The van der Waals surface area contributed by atoms with Crippen molar-refractivity contribution < 1.29 is 14.3 Å². The van der Waals surface area contributed by atoms with Crippen LogP contribution in [-0.4, -0.2) is 18.1 Å². The van der Waals surface area contributed by atoms with E-state index < -0.39 is 0 Å². The number of aromatic hydroxyl groups is 1. The van der Waals surface area contributed by atoms with E-state index in [-0.39, 0.29) is 17.5 Å². The van der Waals surface area contributed by atoms with Crippen LogP contribution in [0, 0.1) is 5.82 Å². The smallest absolute Gasteiger partial charge is 0.258 e. The van der Waals surface area contributed by atoms with Crippen LogP contribution in [0.5, 0.6) is 5.75 Å². The molecule has 92 valence electrons. The minimum atomic E-state index is -0.350. The first-order valence-corrected chi connectivity index (χ1v) is 5.40. The molecule has 4 heteroatoms. The molecule has 0 atom stereocenters. The lowest BCUT2D eigenvalue weighted by atomic mass is 10.2. The number of benzene rings is 2. The Hall–Kier alpha value is -2.36. The second kappa shape index (κ2) is 4.87. The van der Waals surface area contributed by atoms with Crippen LogP contribution in [0.3, 0.4) is 0 Å². The number of hydrogen-bond acceptors (Lipinski definition) is 2. The van der Waals surface area contributed by atoms with Crippen molar-refractivity contribution in [2.24, 2.45) is 0 Å². The molecule has 0 heterocycles. The topological polar surface area (TPSA) is 40.5 Å². The van der Waals surface area contributed by atoms with Crippen LogP contribution in [0.2, 0.25) is 0 Å². The van der Waals surface area contributed by atoms with Gasteiger partial charge >= 0.3 is 0 Å². The molecule has 0 radical (unpaired) electrons. The second-order valence-corrected chi connectivity index (χ2v) is 3.89. The molecule has 0 bridgehead atoms. The number of carbonyl (C=O) groups is 1. The summed E-state index contributed by atoms with van der Waals surface area (Å²) in [6, 6.07) is 11.7. The molecule has 0 saturated heterocycles. The minimum Gasteiger partial charge on any atom is -0.508 e. The molecule has 1 N–H and O–H groups in total. The van der Waals surface area contributed by atoms with Crippen molar-refractivity contribution >= 4 is 11.6 Å². The SMILES string of the molecule is CN(C(=O)c1cccc(O)c1)c1ccc(F)cc1. The fraction of sp³-hybridized carbons (Fsp3) is 0.0714. The average Bonchev–Trinajstić information content (AvgIpc) is 2.38. The molecule has 0 aliphatic carbocycles.